The molecule has 0 spiro atoms. The zero-order valence-corrected chi connectivity index (χ0v) is 19.8. The molecule has 0 bridgehead atoms. The van der Waals surface area contributed by atoms with Gasteiger partial charge in [0, 0.05) is 31.7 Å². The molecule has 2 aliphatic rings. The first-order valence-corrected chi connectivity index (χ1v) is 11.8. The minimum Gasteiger partial charge on any atom is -0.362 e. The molecule has 1 aromatic heterocycles. The van der Waals surface area contributed by atoms with E-state index in [1.165, 1.54) is 5.56 Å². The number of hydrogen-bond donors (Lipinski definition) is 2. The molecular formula is C24H30F4N6O. The van der Waals surface area contributed by atoms with Gasteiger partial charge in [-0.2, -0.15) is 18.2 Å². The number of aryl methyl sites for hydroxylation is 1. The normalized spacial score (nSPS) is 20.2. The van der Waals surface area contributed by atoms with Crippen LogP contribution in [0.1, 0.15) is 55.3 Å². The molecular weight excluding hydrogens is 464 g/mol. The van der Waals surface area contributed by atoms with E-state index in [9.17, 15) is 22.4 Å². The second-order valence-corrected chi connectivity index (χ2v) is 9.42. The Kier molecular flexibility index (Phi) is 7.05. The fourth-order valence-corrected chi connectivity index (χ4v) is 5.04. The van der Waals surface area contributed by atoms with Crippen LogP contribution in [-0.2, 0) is 19.0 Å². The first-order chi connectivity index (χ1) is 16.5. The van der Waals surface area contributed by atoms with Crippen LogP contribution in [0.15, 0.2) is 18.2 Å². The van der Waals surface area contributed by atoms with Crippen molar-refractivity contribution in [3.63, 3.8) is 0 Å². The third-order valence-electron chi connectivity index (χ3n) is 6.75. The van der Waals surface area contributed by atoms with Crippen LogP contribution in [0, 0.1) is 5.82 Å². The van der Waals surface area contributed by atoms with Gasteiger partial charge in [-0.05, 0) is 69.6 Å². The van der Waals surface area contributed by atoms with E-state index < -0.39 is 35.3 Å². The van der Waals surface area contributed by atoms with Crippen LogP contribution < -0.4 is 20.9 Å². The number of urea groups is 1. The van der Waals surface area contributed by atoms with E-state index in [0.29, 0.717) is 43.8 Å². The monoisotopic (exact) mass is 494 g/mol. The molecule has 0 radical (unpaired) electrons. The molecule has 2 amide bonds. The van der Waals surface area contributed by atoms with Crippen molar-refractivity contribution in [3.05, 3.63) is 40.8 Å². The van der Waals surface area contributed by atoms with Crippen molar-refractivity contribution < 1.29 is 22.4 Å². The zero-order chi connectivity index (χ0) is 25.3. The predicted octanol–water partition coefficient (Wildman–Crippen LogP) is 4.89. The van der Waals surface area contributed by atoms with Crippen molar-refractivity contribution in [2.24, 2.45) is 5.73 Å². The van der Waals surface area contributed by atoms with Crippen LogP contribution in [0.2, 0.25) is 0 Å². The molecule has 1 aromatic carbocycles. The smallest absolute Gasteiger partial charge is 0.362 e. The summed E-state index contributed by atoms with van der Waals surface area (Å²) < 4.78 is 54.0. The van der Waals surface area contributed by atoms with E-state index in [0.717, 1.165) is 48.2 Å². The molecule has 0 atom stereocenters. The molecule has 2 aromatic rings. The number of carbonyl (C=O) groups is 1. The van der Waals surface area contributed by atoms with Gasteiger partial charge in [-0.1, -0.05) is 0 Å². The van der Waals surface area contributed by atoms with Crippen molar-refractivity contribution in [1.29, 1.82) is 0 Å². The molecule has 7 nitrogen and oxygen atoms in total. The number of nitrogens with zero attached hydrogens (tertiary/aromatic N) is 4. The van der Waals surface area contributed by atoms with Crippen molar-refractivity contribution in [1.82, 2.24) is 9.97 Å². The summed E-state index contributed by atoms with van der Waals surface area (Å²) in [5.74, 6) is 0.537. The number of nitrogens with two attached hydrogens (primary N) is 1. The van der Waals surface area contributed by atoms with Gasteiger partial charge in [0.05, 0.1) is 16.9 Å². The molecule has 190 valence electrons. The summed E-state index contributed by atoms with van der Waals surface area (Å²) in [6.45, 7) is 0. The number of nitrogens with one attached hydrogen (secondary N) is 1. The lowest BCUT2D eigenvalue weighted by atomic mass is 9.90. The van der Waals surface area contributed by atoms with Gasteiger partial charge in [0.2, 0.25) is 5.95 Å². The number of primary amides is 1. The van der Waals surface area contributed by atoms with Gasteiger partial charge in [-0.3, -0.25) is 4.90 Å². The fraction of sp³-hybridized carbons (Fsp3) is 0.542. The van der Waals surface area contributed by atoms with Gasteiger partial charge in [0.25, 0.3) is 0 Å². The van der Waals surface area contributed by atoms with Crippen molar-refractivity contribution >= 4 is 23.5 Å². The Labute approximate surface area is 201 Å². The molecule has 11 heteroatoms. The highest BCUT2D eigenvalue weighted by atomic mass is 19.4. The van der Waals surface area contributed by atoms with Crippen LogP contribution in [0.5, 0.6) is 0 Å². The van der Waals surface area contributed by atoms with Crippen molar-refractivity contribution in [2.45, 2.75) is 69.6 Å². The van der Waals surface area contributed by atoms with Gasteiger partial charge >= 0.3 is 12.2 Å². The van der Waals surface area contributed by atoms with Gasteiger partial charge in [-0.15, -0.1) is 0 Å². The maximum absolute atomic E-state index is 14.5. The number of hydrogen-bond acceptors (Lipinski definition) is 5. The summed E-state index contributed by atoms with van der Waals surface area (Å²) in [6, 6.07) is 0.549. The molecule has 3 N–H and O–H groups in total. The summed E-state index contributed by atoms with van der Waals surface area (Å²) >= 11 is 0. The van der Waals surface area contributed by atoms with Gasteiger partial charge in [-0.25, -0.2) is 14.2 Å². The number of alkyl halides is 3. The molecule has 0 saturated heterocycles. The van der Waals surface area contributed by atoms with Crippen molar-refractivity contribution in [2.75, 3.05) is 29.2 Å². The quantitative estimate of drug-likeness (QED) is 0.578. The zero-order valence-electron chi connectivity index (χ0n) is 19.8. The summed E-state index contributed by atoms with van der Waals surface area (Å²) in [7, 11) is 3.91. The number of fused-ring (bicyclic) bond motifs is 1. The Balaban J connectivity index is 1.48. The first-order valence-electron chi connectivity index (χ1n) is 11.8. The molecule has 0 unspecified atom stereocenters. The second-order valence-electron chi connectivity index (χ2n) is 9.42. The second kappa shape index (κ2) is 9.87. The Morgan fingerprint density at radius 3 is 2.40 bits per heavy atom. The number of aromatic nitrogens is 2. The summed E-state index contributed by atoms with van der Waals surface area (Å²) in [5.41, 5.74) is 6.27. The maximum Gasteiger partial charge on any atom is 0.416 e. The SMILES string of the molecule is CN(C)c1nc(N[C@H]2CC[C@@H](N(C(N)=O)c3cc(C(F)(F)F)ccc3F)CC2)nc2c1CCCC2. The van der Waals surface area contributed by atoms with Crippen LogP contribution in [0.3, 0.4) is 0 Å². The standard InChI is InChI=1S/C24H30F4N6O/c1-33(2)21-17-5-3-4-6-19(17)31-23(32-21)30-15-8-10-16(11-9-15)34(22(29)35)20-13-14(24(26,27)28)7-12-18(20)25/h7,12-13,15-16H,3-6,8-11H2,1-2H3,(H2,29,35)(H,30,31,32)/t15-,16+. The summed E-state index contributed by atoms with van der Waals surface area (Å²) in [5, 5.41) is 3.39. The van der Waals surface area contributed by atoms with Gasteiger partial charge in [0.1, 0.15) is 11.6 Å². The molecule has 1 heterocycles. The molecule has 1 saturated carbocycles. The Morgan fingerprint density at radius 2 is 1.77 bits per heavy atom. The number of rotatable bonds is 5. The lowest BCUT2D eigenvalue weighted by Crippen LogP contribution is -2.47. The lowest BCUT2D eigenvalue weighted by Gasteiger charge is -2.36. The maximum atomic E-state index is 14.5. The average molecular weight is 495 g/mol. The largest absolute Gasteiger partial charge is 0.416 e. The number of carbonyl (C=O) groups excluding carboxylic acids is 1. The van der Waals surface area contributed by atoms with Gasteiger partial charge in [0.15, 0.2) is 0 Å². The van der Waals surface area contributed by atoms with Gasteiger partial charge < -0.3 is 16.0 Å². The summed E-state index contributed by atoms with van der Waals surface area (Å²) in [6.07, 6.45) is 1.53. The van der Waals surface area contributed by atoms with Crippen LogP contribution in [-0.4, -0.2) is 42.2 Å². The molecule has 1 fully saturated rings. The van der Waals surface area contributed by atoms with E-state index >= 15 is 0 Å². The molecule has 0 aliphatic heterocycles. The minimum absolute atomic E-state index is 0.0176. The number of halogens is 4. The van der Waals surface area contributed by atoms with E-state index in [-0.39, 0.29) is 6.04 Å². The highest BCUT2D eigenvalue weighted by Gasteiger charge is 2.35. The summed E-state index contributed by atoms with van der Waals surface area (Å²) in [4.78, 5) is 24.6. The third-order valence-corrected chi connectivity index (χ3v) is 6.75. The molecule has 35 heavy (non-hydrogen) atoms. The predicted molar refractivity (Wildman–Crippen MR) is 126 cm³/mol. The van der Waals surface area contributed by atoms with E-state index in [2.05, 4.69) is 5.32 Å². The van der Waals surface area contributed by atoms with E-state index in [4.69, 9.17) is 15.7 Å². The average Bonchev–Trinajstić information content (AvgIpc) is 2.80. The third kappa shape index (κ3) is 5.43. The van der Waals surface area contributed by atoms with Crippen LogP contribution >= 0.6 is 0 Å². The molecule has 2 aliphatic carbocycles. The fourth-order valence-electron chi connectivity index (χ4n) is 5.04. The first kappa shape index (κ1) is 25.0. The number of benzene rings is 1. The highest BCUT2D eigenvalue weighted by molar-refractivity contribution is 5.91. The van der Waals surface area contributed by atoms with Crippen LogP contribution in [0.25, 0.3) is 0 Å². The Hall–Kier alpha value is -3.11. The molecule has 4 rings (SSSR count). The number of amides is 2. The van der Waals surface area contributed by atoms with E-state index in [1.807, 2.05) is 19.0 Å². The van der Waals surface area contributed by atoms with Crippen molar-refractivity contribution in [3.8, 4) is 0 Å². The minimum atomic E-state index is -4.66. The van der Waals surface area contributed by atoms with E-state index in [1.54, 1.807) is 0 Å². The Bertz CT molecular complexity index is 1080. The topological polar surface area (TPSA) is 87.4 Å². The highest BCUT2D eigenvalue weighted by Crippen LogP contribution is 2.36. The van der Waals surface area contributed by atoms with Crippen LogP contribution in [0.4, 0.5) is 39.8 Å². The lowest BCUT2D eigenvalue weighted by molar-refractivity contribution is -0.137. The Morgan fingerprint density at radius 1 is 1.09 bits per heavy atom. The number of anilines is 3.